The Kier molecular flexibility index (Phi) is 4.70. The molecule has 0 aliphatic carbocycles. The first-order chi connectivity index (χ1) is 8.88. The number of hydrogen-bond donors (Lipinski definition) is 1. The van der Waals surface area contributed by atoms with Crippen LogP contribution in [0.4, 0.5) is 0 Å². The highest BCUT2D eigenvalue weighted by atomic mass is 32.1. The van der Waals surface area contributed by atoms with Crippen LogP contribution in [0.3, 0.4) is 0 Å². The fraction of sp³-hybridized carbons (Fsp3) is 0.750. The number of likely N-dealkylation sites (tertiary alicyclic amines) is 1. The average molecular weight is 280 g/mol. The fourth-order valence-corrected chi connectivity index (χ4v) is 4.29. The normalized spacial score (nSPS) is 30.5. The lowest BCUT2D eigenvalue weighted by Gasteiger charge is -2.41. The highest BCUT2D eigenvalue weighted by molar-refractivity contribution is 7.12. The number of piperidine rings is 1. The van der Waals surface area contributed by atoms with Crippen molar-refractivity contribution in [2.45, 2.75) is 59.2 Å². The summed E-state index contributed by atoms with van der Waals surface area (Å²) >= 11 is 1.91. The smallest absolute Gasteiger partial charge is 0.0305 e. The van der Waals surface area contributed by atoms with Crippen molar-refractivity contribution in [3.05, 3.63) is 21.4 Å². The van der Waals surface area contributed by atoms with Crippen molar-refractivity contribution in [3.8, 4) is 0 Å². The molecule has 0 bridgehead atoms. The summed E-state index contributed by atoms with van der Waals surface area (Å²) in [5.41, 5.74) is 1.49. The van der Waals surface area contributed by atoms with Crippen molar-refractivity contribution in [1.29, 1.82) is 0 Å². The van der Waals surface area contributed by atoms with Gasteiger partial charge in [0, 0.05) is 34.4 Å². The Bertz CT molecular complexity index is 426. The summed E-state index contributed by atoms with van der Waals surface area (Å²) in [4.78, 5) is 5.37. The number of hydrogen-bond acceptors (Lipinski definition) is 3. The number of aryl methyl sites for hydroxylation is 2. The zero-order valence-electron chi connectivity index (χ0n) is 13.2. The van der Waals surface area contributed by atoms with Crippen LogP contribution in [0.15, 0.2) is 6.07 Å². The summed E-state index contributed by atoms with van der Waals surface area (Å²) in [5, 5.41) is 3.87. The highest BCUT2D eigenvalue weighted by Gasteiger charge is 2.30. The maximum Gasteiger partial charge on any atom is 0.0305 e. The van der Waals surface area contributed by atoms with Gasteiger partial charge in [-0.05, 0) is 58.7 Å². The molecule has 0 amide bonds. The second-order valence-corrected chi connectivity index (χ2v) is 7.83. The van der Waals surface area contributed by atoms with Gasteiger partial charge in [0.2, 0.25) is 0 Å². The third kappa shape index (κ3) is 3.39. The predicted molar refractivity (Wildman–Crippen MR) is 85.0 cm³/mol. The van der Waals surface area contributed by atoms with Crippen molar-refractivity contribution < 1.29 is 0 Å². The monoisotopic (exact) mass is 280 g/mol. The molecule has 1 fully saturated rings. The van der Waals surface area contributed by atoms with E-state index < -0.39 is 0 Å². The Hall–Kier alpha value is -0.380. The zero-order valence-corrected chi connectivity index (χ0v) is 14.0. The molecule has 1 aliphatic rings. The van der Waals surface area contributed by atoms with Crippen LogP contribution in [0.5, 0.6) is 0 Å². The molecule has 1 aliphatic heterocycles. The van der Waals surface area contributed by atoms with E-state index in [4.69, 9.17) is 0 Å². The molecule has 0 aromatic carbocycles. The maximum atomic E-state index is 3.87. The lowest BCUT2D eigenvalue weighted by Crippen LogP contribution is -2.51. The summed E-state index contributed by atoms with van der Waals surface area (Å²) < 4.78 is 0. The van der Waals surface area contributed by atoms with Crippen LogP contribution in [0.25, 0.3) is 0 Å². The molecule has 1 N–H and O–H groups in total. The fourth-order valence-electron chi connectivity index (χ4n) is 3.26. The van der Waals surface area contributed by atoms with E-state index in [1.165, 1.54) is 28.3 Å². The minimum Gasteiger partial charge on any atom is -0.307 e. The van der Waals surface area contributed by atoms with E-state index in [1.807, 2.05) is 11.3 Å². The summed E-state index contributed by atoms with van der Waals surface area (Å²) in [6, 6.07) is 4.14. The van der Waals surface area contributed by atoms with Crippen molar-refractivity contribution in [1.82, 2.24) is 10.2 Å². The Morgan fingerprint density at radius 2 is 2.05 bits per heavy atom. The summed E-state index contributed by atoms with van der Waals surface area (Å²) in [6.45, 7) is 12.7. The first-order valence-electron chi connectivity index (χ1n) is 7.41. The molecule has 3 heteroatoms. The van der Waals surface area contributed by atoms with Crippen LogP contribution in [0, 0.1) is 19.8 Å². The lowest BCUT2D eigenvalue weighted by atomic mass is 9.89. The van der Waals surface area contributed by atoms with E-state index in [9.17, 15) is 0 Å². The first kappa shape index (κ1) is 15.0. The van der Waals surface area contributed by atoms with Crippen LogP contribution < -0.4 is 5.32 Å². The Balaban J connectivity index is 2.02. The lowest BCUT2D eigenvalue weighted by molar-refractivity contribution is 0.116. The van der Waals surface area contributed by atoms with Crippen molar-refractivity contribution in [3.63, 3.8) is 0 Å². The van der Waals surface area contributed by atoms with E-state index in [-0.39, 0.29) is 0 Å². The summed E-state index contributed by atoms with van der Waals surface area (Å²) in [7, 11) is 2.24. The molecule has 4 unspecified atom stereocenters. The number of thiophene rings is 1. The minimum absolute atomic E-state index is 0.466. The van der Waals surface area contributed by atoms with Gasteiger partial charge < -0.3 is 10.2 Å². The predicted octanol–water partition coefficient (Wildman–Crippen LogP) is 3.74. The maximum absolute atomic E-state index is 3.87. The van der Waals surface area contributed by atoms with Gasteiger partial charge in [-0.3, -0.25) is 0 Å². The zero-order chi connectivity index (χ0) is 14.2. The Labute approximate surface area is 122 Å². The second-order valence-electron chi connectivity index (χ2n) is 6.37. The van der Waals surface area contributed by atoms with E-state index in [2.05, 4.69) is 57.9 Å². The SMILES string of the molecule is Cc1cc(C(C)NC2CC(C)N(C)CC2C)c(C)s1. The Morgan fingerprint density at radius 3 is 2.63 bits per heavy atom. The molecule has 19 heavy (non-hydrogen) atoms. The molecule has 0 radical (unpaired) electrons. The molecule has 1 aromatic rings. The third-order valence-electron chi connectivity index (χ3n) is 4.62. The van der Waals surface area contributed by atoms with Crippen LogP contribution >= 0.6 is 11.3 Å². The standard InChI is InChI=1S/C16H28N2S/c1-10-9-18(6)11(2)7-16(10)17-13(4)15-8-12(3)19-14(15)5/h8,10-11,13,16-17H,7,9H2,1-6H3. The van der Waals surface area contributed by atoms with Crippen molar-refractivity contribution in [2.24, 2.45) is 5.92 Å². The van der Waals surface area contributed by atoms with Crippen LogP contribution in [0.1, 0.15) is 48.6 Å². The second kappa shape index (κ2) is 5.94. The third-order valence-corrected chi connectivity index (χ3v) is 5.60. The van der Waals surface area contributed by atoms with E-state index in [0.29, 0.717) is 18.1 Å². The van der Waals surface area contributed by atoms with Gasteiger partial charge >= 0.3 is 0 Å². The van der Waals surface area contributed by atoms with Gasteiger partial charge in [-0.15, -0.1) is 11.3 Å². The molecular weight excluding hydrogens is 252 g/mol. The van der Waals surface area contributed by atoms with E-state index >= 15 is 0 Å². The van der Waals surface area contributed by atoms with Crippen molar-refractivity contribution >= 4 is 11.3 Å². The molecule has 0 spiro atoms. The quantitative estimate of drug-likeness (QED) is 0.907. The van der Waals surface area contributed by atoms with E-state index in [0.717, 1.165) is 5.92 Å². The molecule has 2 rings (SSSR count). The van der Waals surface area contributed by atoms with Gasteiger partial charge in [-0.2, -0.15) is 0 Å². The molecule has 0 saturated carbocycles. The topological polar surface area (TPSA) is 15.3 Å². The van der Waals surface area contributed by atoms with Gasteiger partial charge in [-0.25, -0.2) is 0 Å². The van der Waals surface area contributed by atoms with Gasteiger partial charge in [0.15, 0.2) is 0 Å². The summed E-state index contributed by atoms with van der Waals surface area (Å²) in [5.74, 6) is 0.726. The molecule has 1 aromatic heterocycles. The highest BCUT2D eigenvalue weighted by Crippen LogP contribution is 2.29. The molecule has 108 valence electrons. The molecule has 4 atom stereocenters. The minimum atomic E-state index is 0.466. The number of nitrogens with one attached hydrogen (secondary N) is 1. The van der Waals surface area contributed by atoms with Crippen LogP contribution in [-0.2, 0) is 0 Å². The van der Waals surface area contributed by atoms with Crippen LogP contribution in [-0.4, -0.2) is 30.6 Å². The number of rotatable bonds is 3. The van der Waals surface area contributed by atoms with Crippen LogP contribution in [0.2, 0.25) is 0 Å². The van der Waals surface area contributed by atoms with Gasteiger partial charge in [-0.1, -0.05) is 6.92 Å². The van der Waals surface area contributed by atoms with Gasteiger partial charge in [0.05, 0.1) is 0 Å². The van der Waals surface area contributed by atoms with Gasteiger partial charge in [0.1, 0.15) is 0 Å². The number of nitrogens with zero attached hydrogens (tertiary/aromatic N) is 1. The Morgan fingerprint density at radius 1 is 1.37 bits per heavy atom. The summed E-state index contributed by atoms with van der Waals surface area (Å²) in [6.07, 6.45) is 1.25. The molecule has 1 saturated heterocycles. The largest absolute Gasteiger partial charge is 0.307 e. The first-order valence-corrected chi connectivity index (χ1v) is 8.23. The van der Waals surface area contributed by atoms with E-state index in [1.54, 1.807) is 0 Å². The van der Waals surface area contributed by atoms with Crippen molar-refractivity contribution in [2.75, 3.05) is 13.6 Å². The average Bonchev–Trinajstić information content (AvgIpc) is 2.65. The van der Waals surface area contributed by atoms with Gasteiger partial charge in [0.25, 0.3) is 0 Å². The molecule has 2 nitrogen and oxygen atoms in total. The molecule has 2 heterocycles. The molecular formula is C16H28N2S.